The van der Waals surface area contributed by atoms with Gasteiger partial charge in [0.1, 0.15) is 5.78 Å². The second-order valence-corrected chi connectivity index (χ2v) is 6.17. The Balaban J connectivity index is 2.40. The van der Waals surface area contributed by atoms with Crippen molar-refractivity contribution in [2.24, 2.45) is 11.3 Å². The summed E-state index contributed by atoms with van der Waals surface area (Å²) in [5.41, 5.74) is -0.310. The summed E-state index contributed by atoms with van der Waals surface area (Å²) in [6.07, 6.45) is 7.60. The number of ether oxygens (including phenoxy) is 1. The molecule has 0 aromatic rings. The number of methoxy groups -OCH3 is 1. The Morgan fingerprint density at radius 2 is 1.88 bits per heavy atom. The van der Waals surface area contributed by atoms with Crippen LogP contribution in [0.5, 0.6) is 0 Å². The first-order chi connectivity index (χ1) is 7.95. The van der Waals surface area contributed by atoms with Gasteiger partial charge in [-0.05, 0) is 18.1 Å². The van der Waals surface area contributed by atoms with Gasteiger partial charge >= 0.3 is 0 Å². The lowest BCUT2D eigenvalue weighted by Crippen LogP contribution is -2.28. The smallest absolute Gasteiger partial charge is 0.165 e. The van der Waals surface area contributed by atoms with E-state index in [0.29, 0.717) is 23.2 Å². The van der Waals surface area contributed by atoms with E-state index >= 15 is 0 Å². The van der Waals surface area contributed by atoms with Crippen LogP contribution in [0.15, 0.2) is 0 Å². The number of hydrogen-bond acceptors (Lipinski definition) is 3. The largest absolute Gasteiger partial charge is 0.490 e. The molecule has 1 rings (SSSR count). The van der Waals surface area contributed by atoms with E-state index in [-0.39, 0.29) is 5.41 Å². The molecule has 0 unspecified atom stereocenters. The maximum absolute atomic E-state index is 12.0. The number of carbonyl (C=O) groups excluding carboxylic acids is 1. The van der Waals surface area contributed by atoms with Gasteiger partial charge < -0.3 is 4.74 Å². The standard InChI is InChI=1S/C14H24O2S/c1-14(2,13(17)16-3)10-12(15)9-11-7-5-4-6-8-11/h11H,4-10H2,1-3H3. The van der Waals surface area contributed by atoms with Gasteiger partial charge in [0.2, 0.25) is 0 Å². The van der Waals surface area contributed by atoms with Crippen LogP contribution in [0.2, 0.25) is 0 Å². The van der Waals surface area contributed by atoms with Crippen LogP contribution in [0, 0.1) is 11.3 Å². The van der Waals surface area contributed by atoms with Crippen LogP contribution in [0.1, 0.15) is 58.8 Å². The molecule has 0 aliphatic heterocycles. The van der Waals surface area contributed by atoms with E-state index in [1.165, 1.54) is 32.1 Å². The van der Waals surface area contributed by atoms with E-state index in [9.17, 15) is 4.79 Å². The van der Waals surface area contributed by atoms with Crippen LogP contribution >= 0.6 is 12.2 Å². The van der Waals surface area contributed by atoms with Gasteiger partial charge in [-0.25, -0.2) is 0 Å². The molecule has 1 aliphatic carbocycles. The second-order valence-electron chi connectivity index (χ2n) is 5.80. The predicted octanol–water partition coefficient (Wildman–Crippen LogP) is 3.92. The fourth-order valence-electron chi connectivity index (χ4n) is 2.63. The molecular formula is C14H24O2S. The van der Waals surface area contributed by atoms with Crippen LogP contribution in [0.25, 0.3) is 0 Å². The van der Waals surface area contributed by atoms with Crippen molar-refractivity contribution in [3.63, 3.8) is 0 Å². The first kappa shape index (κ1) is 14.6. The van der Waals surface area contributed by atoms with Crippen LogP contribution in [0.4, 0.5) is 0 Å². The van der Waals surface area contributed by atoms with Crippen LogP contribution < -0.4 is 0 Å². The SMILES string of the molecule is COC(=S)C(C)(C)CC(=O)CC1CCCCC1. The summed E-state index contributed by atoms with van der Waals surface area (Å²) in [4.78, 5) is 12.0. The molecule has 2 nitrogen and oxygen atoms in total. The molecule has 1 fully saturated rings. The Bertz CT molecular complexity index is 278. The number of hydrogen-bond donors (Lipinski definition) is 0. The molecule has 0 spiro atoms. The molecule has 1 saturated carbocycles. The fraction of sp³-hybridized carbons (Fsp3) is 0.857. The van der Waals surface area contributed by atoms with E-state index in [1.54, 1.807) is 7.11 Å². The van der Waals surface area contributed by atoms with Crippen molar-refractivity contribution in [1.29, 1.82) is 0 Å². The van der Waals surface area contributed by atoms with Crippen LogP contribution in [0.3, 0.4) is 0 Å². The molecule has 0 atom stereocenters. The molecule has 0 N–H and O–H groups in total. The summed E-state index contributed by atoms with van der Waals surface area (Å²) in [6, 6.07) is 0. The summed E-state index contributed by atoms with van der Waals surface area (Å²) in [6.45, 7) is 3.97. The van der Waals surface area contributed by atoms with Gasteiger partial charge in [-0.15, -0.1) is 0 Å². The highest BCUT2D eigenvalue weighted by Gasteiger charge is 2.29. The summed E-state index contributed by atoms with van der Waals surface area (Å²) >= 11 is 5.14. The maximum atomic E-state index is 12.0. The van der Waals surface area contributed by atoms with Crippen molar-refractivity contribution in [2.45, 2.75) is 58.8 Å². The molecule has 0 radical (unpaired) electrons. The number of thiocarbonyl (C=S) groups is 1. The molecule has 0 heterocycles. The van der Waals surface area contributed by atoms with Crippen molar-refractivity contribution in [3.05, 3.63) is 0 Å². The summed E-state index contributed by atoms with van der Waals surface area (Å²) in [5, 5.41) is 0.537. The Labute approximate surface area is 110 Å². The van der Waals surface area contributed by atoms with Crippen molar-refractivity contribution < 1.29 is 9.53 Å². The highest BCUT2D eigenvalue weighted by molar-refractivity contribution is 7.80. The molecule has 3 heteroatoms. The van der Waals surface area contributed by atoms with Crippen molar-refractivity contribution in [1.82, 2.24) is 0 Å². The number of Topliss-reactive ketones (excluding diaryl/α,β-unsaturated/α-hetero) is 1. The summed E-state index contributed by atoms with van der Waals surface area (Å²) in [7, 11) is 1.58. The fourth-order valence-corrected chi connectivity index (χ4v) is 2.70. The minimum absolute atomic E-state index is 0.310. The molecular weight excluding hydrogens is 232 g/mol. The van der Waals surface area contributed by atoms with Crippen molar-refractivity contribution in [3.8, 4) is 0 Å². The van der Waals surface area contributed by atoms with E-state index in [2.05, 4.69) is 0 Å². The summed E-state index contributed by atoms with van der Waals surface area (Å²) < 4.78 is 5.09. The Kier molecular flexibility index (Phi) is 5.57. The third-order valence-corrected chi connectivity index (χ3v) is 4.34. The van der Waals surface area contributed by atoms with E-state index in [0.717, 1.165) is 6.42 Å². The van der Waals surface area contributed by atoms with E-state index in [1.807, 2.05) is 13.8 Å². The monoisotopic (exact) mass is 256 g/mol. The number of carbonyl (C=O) groups is 1. The van der Waals surface area contributed by atoms with E-state index in [4.69, 9.17) is 17.0 Å². The van der Waals surface area contributed by atoms with Crippen LogP contribution in [-0.4, -0.2) is 17.9 Å². The zero-order valence-corrected chi connectivity index (χ0v) is 12.1. The zero-order chi connectivity index (χ0) is 12.9. The lowest BCUT2D eigenvalue weighted by molar-refractivity contribution is -0.121. The first-order valence-electron chi connectivity index (χ1n) is 6.56. The van der Waals surface area contributed by atoms with Gasteiger partial charge in [-0.3, -0.25) is 4.79 Å². The molecule has 98 valence electrons. The lowest BCUT2D eigenvalue weighted by Gasteiger charge is -2.25. The van der Waals surface area contributed by atoms with E-state index < -0.39 is 0 Å². The maximum Gasteiger partial charge on any atom is 0.165 e. The Morgan fingerprint density at radius 1 is 1.29 bits per heavy atom. The first-order valence-corrected chi connectivity index (χ1v) is 6.96. The molecule has 0 saturated heterocycles. The van der Waals surface area contributed by atoms with Gasteiger partial charge in [0.25, 0.3) is 0 Å². The minimum Gasteiger partial charge on any atom is -0.490 e. The normalized spacial score (nSPS) is 17.8. The number of rotatable bonds is 5. The third-order valence-electron chi connectivity index (χ3n) is 3.62. The molecule has 0 aromatic carbocycles. The summed E-state index contributed by atoms with van der Waals surface area (Å²) in [5.74, 6) is 0.949. The average molecular weight is 256 g/mol. The molecule has 0 aromatic heterocycles. The molecule has 0 bridgehead atoms. The highest BCUT2D eigenvalue weighted by Crippen LogP contribution is 2.30. The van der Waals surface area contributed by atoms with Gasteiger partial charge in [0, 0.05) is 18.3 Å². The van der Waals surface area contributed by atoms with Gasteiger partial charge in [0.05, 0.1) is 7.11 Å². The average Bonchev–Trinajstić information content (AvgIpc) is 2.28. The minimum atomic E-state index is -0.310. The highest BCUT2D eigenvalue weighted by atomic mass is 32.1. The molecule has 17 heavy (non-hydrogen) atoms. The predicted molar refractivity (Wildman–Crippen MR) is 74.2 cm³/mol. The third kappa shape index (κ3) is 4.74. The Hall–Kier alpha value is -0.440. The zero-order valence-electron chi connectivity index (χ0n) is 11.3. The Morgan fingerprint density at radius 3 is 2.41 bits per heavy atom. The molecule has 0 amide bonds. The quantitative estimate of drug-likeness (QED) is 0.697. The second kappa shape index (κ2) is 6.48. The topological polar surface area (TPSA) is 26.3 Å². The lowest BCUT2D eigenvalue weighted by atomic mass is 9.81. The molecule has 1 aliphatic rings. The van der Waals surface area contributed by atoms with Gasteiger partial charge in [-0.1, -0.05) is 46.0 Å². The number of ketones is 1. The van der Waals surface area contributed by atoms with Gasteiger partial charge in [0.15, 0.2) is 5.05 Å². The van der Waals surface area contributed by atoms with Crippen LogP contribution in [-0.2, 0) is 9.53 Å². The van der Waals surface area contributed by atoms with Gasteiger partial charge in [-0.2, -0.15) is 0 Å². The van der Waals surface area contributed by atoms with Crippen molar-refractivity contribution in [2.75, 3.05) is 7.11 Å². The van der Waals surface area contributed by atoms with Crippen molar-refractivity contribution >= 4 is 23.1 Å².